The summed E-state index contributed by atoms with van der Waals surface area (Å²) in [5.41, 5.74) is 17.5. The van der Waals surface area contributed by atoms with Crippen LogP contribution in [0.3, 0.4) is 0 Å². The number of para-hydroxylation sites is 1. The average Bonchev–Trinajstić information content (AvgIpc) is 3.94. The van der Waals surface area contributed by atoms with E-state index in [1.807, 2.05) is 61.2 Å². The van der Waals surface area contributed by atoms with Crippen molar-refractivity contribution < 1.29 is 14.9 Å². The molecule has 0 aliphatic carbocycles. The van der Waals surface area contributed by atoms with Gasteiger partial charge in [0.05, 0.1) is 14.1 Å². The summed E-state index contributed by atoms with van der Waals surface area (Å²) in [5, 5.41) is 0. The summed E-state index contributed by atoms with van der Waals surface area (Å²) in [6.07, 6.45) is 14.7. The number of hydrogen-bond acceptors (Lipinski definition) is 0. The Bertz CT molecular complexity index is 2400. The van der Waals surface area contributed by atoms with E-state index < -0.39 is 0 Å². The molecule has 2 heterocycles. The lowest BCUT2D eigenvalue weighted by molar-refractivity contribution is -0.786. The first-order valence-electron chi connectivity index (χ1n) is 24.5. The van der Waals surface area contributed by atoms with Gasteiger partial charge >= 0.3 is 0 Å². The van der Waals surface area contributed by atoms with Gasteiger partial charge in [-0.25, -0.2) is 9.98 Å². The Kier molecular flexibility index (Phi) is 42.2. The summed E-state index contributed by atoms with van der Waals surface area (Å²) in [5.74, 6) is 0. The van der Waals surface area contributed by atoms with Gasteiger partial charge in [0.15, 0.2) is 18.6 Å². The highest BCUT2D eigenvalue weighted by Gasteiger charge is 2.11. The topological polar surface area (TPSA) is 32.5 Å². The second kappa shape index (κ2) is 43.8. The lowest BCUT2D eigenvalue weighted by Crippen LogP contribution is -3.00. The SMILES string of the molecule is C.C.C.C.C1=C[NH+]=CC1.CCCCc1cccc(C)c1.Cc1cccc(C)c1.Cc1cccc(C)c1.Cc1cccc(C)c1.Cc1ccccc1.Cc1ccccc1-c1ccccc1[NH+](C)C.c1cc[nH+]cc1. The van der Waals surface area contributed by atoms with Gasteiger partial charge in [-0.15, -0.1) is 0 Å². The third kappa shape index (κ3) is 34.9. The molecule has 3 heteroatoms. The van der Waals surface area contributed by atoms with E-state index in [2.05, 4.69) is 257 Å². The van der Waals surface area contributed by atoms with Crippen LogP contribution < -0.4 is 14.9 Å². The molecule has 1 aromatic heterocycles. The molecule has 73 heavy (non-hydrogen) atoms. The number of aromatic amines is 1. The van der Waals surface area contributed by atoms with Gasteiger partial charge in [0.25, 0.3) is 0 Å². The fourth-order valence-electron chi connectivity index (χ4n) is 6.92. The number of quaternary nitrogens is 1. The van der Waals surface area contributed by atoms with Gasteiger partial charge in [0.2, 0.25) is 0 Å². The van der Waals surface area contributed by atoms with Gasteiger partial charge in [-0.1, -0.05) is 257 Å². The number of allylic oxidation sites excluding steroid dienone is 1. The summed E-state index contributed by atoms with van der Waals surface area (Å²) in [6.45, 7) is 21.3. The van der Waals surface area contributed by atoms with Crippen molar-refractivity contribution in [3.05, 3.63) is 274 Å². The smallest absolute Gasteiger partial charge is 0.166 e. The Morgan fingerprint density at radius 2 is 0.808 bits per heavy atom. The number of rotatable bonds is 5. The predicted molar refractivity (Wildman–Crippen MR) is 329 cm³/mol. The Labute approximate surface area is 448 Å². The maximum absolute atomic E-state index is 2.92. The van der Waals surface area contributed by atoms with Crippen molar-refractivity contribution in [2.75, 3.05) is 14.1 Å². The zero-order valence-electron chi connectivity index (χ0n) is 44.2. The van der Waals surface area contributed by atoms with Crippen LogP contribution in [0.4, 0.5) is 5.69 Å². The number of pyridine rings is 1. The number of aromatic nitrogens is 1. The van der Waals surface area contributed by atoms with Crippen molar-refractivity contribution in [2.45, 2.75) is 125 Å². The maximum atomic E-state index is 2.92. The fourth-order valence-corrected chi connectivity index (χ4v) is 6.92. The molecule has 0 atom stereocenters. The number of nitrogens with one attached hydrogen (secondary N) is 3. The average molecular weight is 984 g/mol. The van der Waals surface area contributed by atoms with Crippen molar-refractivity contribution >= 4 is 11.9 Å². The molecule has 0 fully saturated rings. The van der Waals surface area contributed by atoms with Crippen LogP contribution >= 0.6 is 0 Å². The number of unbranched alkanes of at least 4 members (excludes halogenated alkanes) is 1. The summed E-state index contributed by atoms with van der Waals surface area (Å²) in [4.78, 5) is 7.17. The van der Waals surface area contributed by atoms with Crippen LogP contribution in [-0.2, 0) is 6.42 Å². The van der Waals surface area contributed by atoms with Gasteiger partial charge in [0.1, 0.15) is 11.9 Å². The quantitative estimate of drug-likeness (QED) is 0.172. The minimum atomic E-state index is 0. The molecule has 3 N–H and O–H groups in total. The minimum absolute atomic E-state index is 0. The first-order chi connectivity index (χ1) is 33.3. The zero-order valence-corrected chi connectivity index (χ0v) is 44.2. The van der Waals surface area contributed by atoms with Crippen molar-refractivity contribution in [1.82, 2.24) is 0 Å². The highest BCUT2D eigenvalue weighted by Crippen LogP contribution is 2.27. The summed E-state index contributed by atoms with van der Waals surface area (Å²) in [7, 11) is 4.33. The molecule has 7 aromatic carbocycles. The van der Waals surface area contributed by atoms with E-state index in [0.29, 0.717) is 0 Å². The lowest BCUT2D eigenvalue weighted by atomic mass is 9.99. The number of benzene rings is 7. The van der Waals surface area contributed by atoms with Gasteiger partial charge in [-0.3, -0.25) is 0 Å². The van der Waals surface area contributed by atoms with Crippen LogP contribution in [0, 0.1) is 62.3 Å². The minimum Gasteiger partial charge on any atom is -0.307 e. The molecule has 1 aliphatic heterocycles. The summed E-state index contributed by atoms with van der Waals surface area (Å²) in [6, 6.07) is 67.4. The highest BCUT2D eigenvalue weighted by molar-refractivity contribution is 5.75. The largest absolute Gasteiger partial charge is 0.307 e. The Morgan fingerprint density at radius 1 is 0.411 bits per heavy atom. The number of hydrogen-bond donors (Lipinski definition) is 2. The van der Waals surface area contributed by atoms with Crippen LogP contribution in [0.15, 0.2) is 219 Å². The molecular weight excluding hydrogens is 883 g/mol. The zero-order chi connectivity index (χ0) is 50.5. The van der Waals surface area contributed by atoms with E-state index in [1.165, 1.54) is 96.6 Å². The Morgan fingerprint density at radius 3 is 1.11 bits per heavy atom. The van der Waals surface area contributed by atoms with E-state index in [-0.39, 0.29) is 29.7 Å². The van der Waals surface area contributed by atoms with Gasteiger partial charge in [-0.05, 0) is 110 Å². The van der Waals surface area contributed by atoms with E-state index in [1.54, 1.807) is 0 Å². The molecular formula is C70H100N3+3. The van der Waals surface area contributed by atoms with E-state index in [0.717, 1.165) is 6.42 Å². The molecule has 1 aliphatic rings. The molecule has 0 bridgehead atoms. The monoisotopic (exact) mass is 983 g/mol. The second-order valence-corrected chi connectivity index (χ2v) is 17.7. The normalized spacial score (nSPS) is 9.60. The van der Waals surface area contributed by atoms with E-state index in [4.69, 9.17) is 0 Å². The van der Waals surface area contributed by atoms with Crippen LogP contribution in [0.2, 0.25) is 0 Å². The van der Waals surface area contributed by atoms with Crippen molar-refractivity contribution in [1.29, 1.82) is 0 Å². The molecule has 8 aromatic rings. The van der Waals surface area contributed by atoms with E-state index in [9.17, 15) is 0 Å². The van der Waals surface area contributed by atoms with Crippen LogP contribution in [-0.4, -0.2) is 20.3 Å². The molecule has 392 valence electrons. The highest BCUT2D eigenvalue weighted by atomic mass is 15.1. The molecule has 9 rings (SSSR count). The fraction of sp³-hybridized carbons (Fsp3) is 0.286. The molecule has 0 unspecified atom stereocenters. The van der Waals surface area contributed by atoms with Crippen molar-refractivity contribution in [3.63, 3.8) is 0 Å². The van der Waals surface area contributed by atoms with Gasteiger partial charge < -0.3 is 4.90 Å². The number of aryl methyl sites for hydroxylation is 10. The Balaban J connectivity index is -0.000000780. The lowest BCUT2D eigenvalue weighted by Gasteiger charge is -2.13. The molecule has 0 radical (unpaired) electrons. The first kappa shape index (κ1) is 70.3. The van der Waals surface area contributed by atoms with Gasteiger partial charge in [-0.2, -0.15) is 0 Å². The molecule has 0 amide bonds. The third-order valence-electron chi connectivity index (χ3n) is 10.5. The van der Waals surface area contributed by atoms with Gasteiger partial charge in [0, 0.05) is 24.1 Å². The molecule has 3 nitrogen and oxygen atoms in total. The third-order valence-corrected chi connectivity index (χ3v) is 10.5. The predicted octanol–water partition coefficient (Wildman–Crippen LogP) is 16.8. The summed E-state index contributed by atoms with van der Waals surface area (Å²) >= 11 is 0. The van der Waals surface area contributed by atoms with Crippen LogP contribution in [0.5, 0.6) is 0 Å². The standard InChI is InChI=1S/C15H17N.C11H16.3C8H10.C7H8.C5H5N.C4H5N.4CH4/c1-12-8-4-5-9-13(12)14-10-6-7-11-15(14)16(2)3;1-3-4-7-11-8-5-6-10(2)9-11;3*1-7-4-3-5-8(2)6-7;1-7-5-3-2-4-6-7;1-2-4-6-5-3-1;1-2-4-5-3-1;;;;/h4-11H,1-3H3;5-6,8-9H,3-4,7H2,1-2H3;3*3-6H,1-2H3;2-6H,1H3;1-5H;1,3-4H,2H2;4*1H4/p+3. The maximum Gasteiger partial charge on any atom is 0.166 e. The van der Waals surface area contributed by atoms with Crippen LogP contribution in [0.1, 0.15) is 112 Å². The van der Waals surface area contributed by atoms with Crippen LogP contribution in [0.25, 0.3) is 11.1 Å². The van der Waals surface area contributed by atoms with Crippen molar-refractivity contribution in [3.8, 4) is 11.1 Å². The first-order valence-corrected chi connectivity index (χ1v) is 24.5. The molecule has 0 saturated heterocycles. The number of H-pyrrole nitrogens is 1. The molecule has 0 spiro atoms. The Hall–Kier alpha value is -6.94. The molecule has 0 saturated carbocycles. The summed E-state index contributed by atoms with van der Waals surface area (Å²) < 4.78 is 0. The van der Waals surface area contributed by atoms with Crippen molar-refractivity contribution in [2.24, 2.45) is 0 Å². The van der Waals surface area contributed by atoms with E-state index >= 15 is 0 Å². The second-order valence-electron chi connectivity index (χ2n) is 17.7.